The molecule has 1 saturated heterocycles. The fourth-order valence-corrected chi connectivity index (χ4v) is 7.18. The number of amides is 2. The summed E-state index contributed by atoms with van der Waals surface area (Å²) in [6, 6.07) is 35.8. The number of para-hydroxylation sites is 1. The van der Waals surface area contributed by atoms with Gasteiger partial charge in [-0.3, -0.25) is 14.6 Å². The van der Waals surface area contributed by atoms with Crippen molar-refractivity contribution < 1.29 is 9.59 Å². The van der Waals surface area contributed by atoms with Gasteiger partial charge in [0.15, 0.2) is 0 Å². The quantitative estimate of drug-likeness (QED) is 0.201. The molecule has 0 N–H and O–H groups in total. The van der Waals surface area contributed by atoms with Gasteiger partial charge in [0.05, 0.1) is 13.1 Å². The third kappa shape index (κ3) is 5.32. The van der Waals surface area contributed by atoms with Gasteiger partial charge in [0, 0.05) is 71.8 Å². The molecule has 2 aliphatic rings. The van der Waals surface area contributed by atoms with Gasteiger partial charge in [-0.05, 0) is 64.4 Å². The summed E-state index contributed by atoms with van der Waals surface area (Å²) in [5, 5.41) is 2.77. The second kappa shape index (κ2) is 12.1. The van der Waals surface area contributed by atoms with E-state index in [9.17, 15) is 9.59 Å². The van der Waals surface area contributed by atoms with E-state index in [1.54, 1.807) is 23.4 Å². The van der Waals surface area contributed by atoms with E-state index in [2.05, 4.69) is 38.7 Å². The van der Waals surface area contributed by atoms with E-state index in [4.69, 9.17) is 11.6 Å². The maximum Gasteiger partial charge on any atom is 0.270 e. The minimum atomic E-state index is -0.140. The number of pyridine rings is 1. The van der Waals surface area contributed by atoms with Crippen LogP contribution in [0.4, 0.5) is 11.4 Å². The van der Waals surface area contributed by atoms with E-state index >= 15 is 0 Å². The van der Waals surface area contributed by atoms with Gasteiger partial charge in [0.1, 0.15) is 5.69 Å². The molecule has 0 unspecified atom stereocenters. The molecule has 2 amide bonds. The Morgan fingerprint density at radius 3 is 2.28 bits per heavy atom. The molecule has 7 nitrogen and oxygen atoms in total. The average molecular weight is 638 g/mol. The smallest absolute Gasteiger partial charge is 0.270 e. The first-order valence-electron chi connectivity index (χ1n) is 15.9. The summed E-state index contributed by atoms with van der Waals surface area (Å²) in [7, 11) is 0. The number of hydrogen-bond acceptors (Lipinski definition) is 4. The molecule has 0 bridgehead atoms. The van der Waals surface area contributed by atoms with Crippen LogP contribution in [-0.2, 0) is 13.1 Å². The Kier molecular flexibility index (Phi) is 7.46. The molecular weight excluding hydrogens is 606 g/mol. The monoisotopic (exact) mass is 637 g/mol. The van der Waals surface area contributed by atoms with Gasteiger partial charge in [0.2, 0.25) is 0 Å². The highest BCUT2D eigenvalue weighted by Crippen LogP contribution is 2.36. The van der Waals surface area contributed by atoms with Gasteiger partial charge in [0.25, 0.3) is 11.8 Å². The van der Waals surface area contributed by atoms with Crippen LogP contribution in [0.1, 0.15) is 32.1 Å². The van der Waals surface area contributed by atoms with Gasteiger partial charge in [-0.25, -0.2) is 0 Å². The maximum absolute atomic E-state index is 14.2. The lowest BCUT2D eigenvalue weighted by molar-refractivity contribution is 0.0736. The second-order valence-electron chi connectivity index (χ2n) is 12.0. The van der Waals surface area contributed by atoms with Crippen molar-refractivity contribution in [1.82, 2.24) is 14.5 Å². The predicted octanol–water partition coefficient (Wildman–Crippen LogP) is 7.53. The molecule has 2 aliphatic heterocycles. The van der Waals surface area contributed by atoms with Gasteiger partial charge in [-0.1, -0.05) is 78.3 Å². The summed E-state index contributed by atoms with van der Waals surface area (Å²) in [6.07, 6.45) is 3.59. The molecule has 4 aromatic carbocycles. The minimum absolute atomic E-state index is 0.0127. The minimum Gasteiger partial charge on any atom is -0.368 e. The largest absolute Gasteiger partial charge is 0.368 e. The van der Waals surface area contributed by atoms with Gasteiger partial charge >= 0.3 is 0 Å². The number of hydrogen-bond donors (Lipinski definition) is 0. The number of anilines is 2. The van der Waals surface area contributed by atoms with Crippen LogP contribution in [0, 0.1) is 0 Å². The van der Waals surface area contributed by atoms with E-state index in [1.165, 1.54) is 0 Å². The molecule has 0 atom stereocenters. The van der Waals surface area contributed by atoms with Crippen molar-refractivity contribution in [3.05, 3.63) is 149 Å². The molecule has 6 aromatic rings. The molecule has 47 heavy (non-hydrogen) atoms. The fourth-order valence-electron chi connectivity index (χ4n) is 6.90. The van der Waals surface area contributed by atoms with Crippen LogP contribution in [-0.4, -0.2) is 52.4 Å². The Hall–Kier alpha value is -5.40. The Labute approximate surface area is 278 Å². The molecule has 8 heteroatoms. The summed E-state index contributed by atoms with van der Waals surface area (Å²) in [6.45, 7) is 3.63. The zero-order valence-corrected chi connectivity index (χ0v) is 26.5. The van der Waals surface area contributed by atoms with Crippen molar-refractivity contribution in [2.75, 3.05) is 36.0 Å². The summed E-state index contributed by atoms with van der Waals surface area (Å²) in [5.74, 6) is -0.128. The second-order valence-corrected chi connectivity index (χ2v) is 12.4. The van der Waals surface area contributed by atoms with Crippen LogP contribution in [0.25, 0.3) is 21.9 Å². The number of carbonyl (C=O) groups is 2. The lowest BCUT2D eigenvalue weighted by atomic mass is 9.97. The van der Waals surface area contributed by atoms with Gasteiger partial charge in [-0.15, -0.1) is 0 Å². The number of rotatable bonds is 4. The SMILES string of the molecule is O=C(c1ccc2n1Cc1ccccc1N(C(=O)c1ccc(-c3cccc4ccccc34)c(Cl)c1)C2)N1CCN(c2ccncc2)CC1. The average Bonchev–Trinajstić information content (AvgIpc) is 3.44. The first-order valence-corrected chi connectivity index (χ1v) is 16.2. The Morgan fingerprint density at radius 2 is 1.45 bits per heavy atom. The molecular formula is C39H32ClN5O2. The number of carbonyl (C=O) groups excluding carboxylic acids is 2. The van der Waals surface area contributed by atoms with Crippen LogP contribution >= 0.6 is 11.6 Å². The van der Waals surface area contributed by atoms with E-state index in [1.807, 2.05) is 83.8 Å². The Morgan fingerprint density at radius 1 is 0.681 bits per heavy atom. The van der Waals surface area contributed by atoms with E-state index < -0.39 is 0 Å². The Bertz CT molecular complexity index is 2130. The summed E-state index contributed by atoms with van der Waals surface area (Å²) >= 11 is 6.89. The molecule has 0 radical (unpaired) electrons. The highest BCUT2D eigenvalue weighted by molar-refractivity contribution is 6.34. The highest BCUT2D eigenvalue weighted by atomic mass is 35.5. The number of aromatic nitrogens is 2. The molecule has 2 aromatic heterocycles. The number of fused-ring (bicyclic) bond motifs is 3. The molecule has 8 rings (SSSR count). The van der Waals surface area contributed by atoms with Crippen LogP contribution in [0.5, 0.6) is 0 Å². The lowest BCUT2D eigenvalue weighted by Gasteiger charge is -2.36. The number of benzene rings is 4. The molecule has 0 saturated carbocycles. The first kappa shape index (κ1) is 29.0. The summed E-state index contributed by atoms with van der Waals surface area (Å²) < 4.78 is 2.07. The van der Waals surface area contributed by atoms with Crippen molar-refractivity contribution in [2.45, 2.75) is 13.1 Å². The molecule has 4 heterocycles. The predicted molar refractivity (Wildman–Crippen MR) is 187 cm³/mol. The number of nitrogens with zero attached hydrogens (tertiary/aromatic N) is 5. The number of piperazine rings is 1. The van der Waals surface area contributed by atoms with Crippen LogP contribution < -0.4 is 9.80 Å². The zero-order valence-electron chi connectivity index (χ0n) is 25.7. The summed E-state index contributed by atoms with van der Waals surface area (Å²) in [4.78, 5) is 38.3. The van der Waals surface area contributed by atoms with Crippen molar-refractivity contribution in [3.63, 3.8) is 0 Å². The van der Waals surface area contributed by atoms with Crippen molar-refractivity contribution in [2.24, 2.45) is 0 Å². The third-order valence-electron chi connectivity index (χ3n) is 9.36. The van der Waals surface area contributed by atoms with Crippen LogP contribution in [0.3, 0.4) is 0 Å². The van der Waals surface area contributed by atoms with Crippen LogP contribution in [0.2, 0.25) is 5.02 Å². The molecule has 1 fully saturated rings. The lowest BCUT2D eigenvalue weighted by Crippen LogP contribution is -2.49. The highest BCUT2D eigenvalue weighted by Gasteiger charge is 2.30. The standard InChI is InChI=1S/C39H32ClN5O2/c40-35-24-28(12-14-34(35)33-10-5-8-27-6-1-3-9-32(27)33)38(46)45-26-31-13-15-37(44(31)25-29-7-2-4-11-36(29)45)39(47)43-22-20-42(21-23-43)30-16-18-41-19-17-30/h1-19,24H,20-23,25-26H2. The van der Waals surface area contributed by atoms with Crippen LogP contribution in [0.15, 0.2) is 122 Å². The zero-order chi connectivity index (χ0) is 31.9. The summed E-state index contributed by atoms with van der Waals surface area (Å²) in [5.41, 5.74) is 6.91. The maximum atomic E-state index is 14.2. The van der Waals surface area contributed by atoms with E-state index in [0.29, 0.717) is 42.5 Å². The Balaban J connectivity index is 1.07. The third-order valence-corrected chi connectivity index (χ3v) is 9.67. The normalized spacial score (nSPS) is 14.4. The topological polar surface area (TPSA) is 61.7 Å². The van der Waals surface area contributed by atoms with Gasteiger partial charge < -0.3 is 19.3 Å². The van der Waals surface area contributed by atoms with Gasteiger partial charge in [-0.2, -0.15) is 0 Å². The molecule has 0 spiro atoms. The molecule has 0 aliphatic carbocycles. The van der Waals surface area contributed by atoms with E-state index in [-0.39, 0.29) is 11.8 Å². The van der Waals surface area contributed by atoms with Crippen molar-refractivity contribution in [1.29, 1.82) is 0 Å². The first-order chi connectivity index (χ1) is 23.0. The van der Waals surface area contributed by atoms with E-state index in [0.717, 1.165) is 57.6 Å². The fraction of sp³-hybridized carbons (Fsp3) is 0.154. The number of halogens is 1. The van der Waals surface area contributed by atoms with Crippen molar-refractivity contribution in [3.8, 4) is 11.1 Å². The molecule has 232 valence electrons. The van der Waals surface area contributed by atoms with Crippen molar-refractivity contribution >= 4 is 45.6 Å².